The summed E-state index contributed by atoms with van der Waals surface area (Å²) in [6.45, 7) is 2.64. The third-order valence-corrected chi connectivity index (χ3v) is 6.16. The van der Waals surface area contributed by atoms with Crippen LogP contribution >= 0.6 is 11.3 Å². The molecule has 22 heavy (non-hydrogen) atoms. The molecule has 0 aliphatic rings. The molecule has 1 aromatic carbocycles. The molecule has 0 spiro atoms. The summed E-state index contributed by atoms with van der Waals surface area (Å²) in [6.07, 6.45) is 0.871. The van der Waals surface area contributed by atoms with Gasteiger partial charge < -0.3 is 11.1 Å². The van der Waals surface area contributed by atoms with E-state index in [2.05, 4.69) is 15.5 Å². The highest BCUT2D eigenvalue weighted by molar-refractivity contribution is 7.94. The number of primary amides is 1. The van der Waals surface area contributed by atoms with E-state index in [1.54, 1.807) is 30.3 Å². The van der Waals surface area contributed by atoms with E-state index in [1.165, 1.54) is 0 Å². The van der Waals surface area contributed by atoms with Gasteiger partial charge in [0, 0.05) is 6.54 Å². The number of rotatable bonds is 7. The summed E-state index contributed by atoms with van der Waals surface area (Å²) in [7, 11) is -4.03. The van der Waals surface area contributed by atoms with Crippen LogP contribution in [0, 0.1) is 0 Å². The number of sulfone groups is 1. The summed E-state index contributed by atoms with van der Waals surface area (Å²) in [5, 5.41) is 9.35. The van der Waals surface area contributed by atoms with E-state index in [1.807, 2.05) is 6.92 Å². The zero-order chi connectivity index (χ0) is 16.2. The highest BCUT2D eigenvalue weighted by Gasteiger charge is 2.36. The maximum absolute atomic E-state index is 12.6. The van der Waals surface area contributed by atoms with Crippen molar-refractivity contribution in [3.05, 3.63) is 35.9 Å². The number of hydrogen-bond acceptors (Lipinski definition) is 7. The molecule has 118 valence electrons. The molecule has 0 saturated heterocycles. The Balaban J connectivity index is 2.38. The third-order valence-electron chi connectivity index (χ3n) is 2.85. The molecule has 1 heterocycles. The molecule has 3 N–H and O–H groups in total. The van der Waals surface area contributed by atoms with Crippen LogP contribution < -0.4 is 11.1 Å². The quantitative estimate of drug-likeness (QED) is 0.786. The number of aromatic nitrogens is 2. The third kappa shape index (κ3) is 3.42. The lowest BCUT2D eigenvalue weighted by atomic mass is 10.1. The van der Waals surface area contributed by atoms with Crippen LogP contribution in [-0.4, -0.2) is 31.1 Å². The molecule has 1 amide bonds. The molecule has 9 heteroatoms. The summed E-state index contributed by atoms with van der Waals surface area (Å²) in [5.41, 5.74) is 5.62. The van der Waals surface area contributed by atoms with Crippen LogP contribution in [0.1, 0.15) is 24.2 Å². The van der Waals surface area contributed by atoms with Crippen LogP contribution in [0.25, 0.3) is 0 Å². The van der Waals surface area contributed by atoms with Gasteiger partial charge in [-0.25, -0.2) is 8.42 Å². The highest BCUT2D eigenvalue weighted by Crippen LogP contribution is 2.31. The number of carbonyl (C=O) groups excluding carboxylic acids is 1. The molecule has 0 aliphatic carbocycles. The number of nitrogens with one attached hydrogen (secondary N) is 1. The first-order chi connectivity index (χ1) is 10.5. The van der Waals surface area contributed by atoms with Crippen molar-refractivity contribution in [2.24, 2.45) is 5.73 Å². The molecule has 7 nitrogen and oxygen atoms in total. The Kier molecular flexibility index (Phi) is 5.09. The standard InChI is InChI=1S/C13H16N4O3S2/c1-2-8-15-12-16-17-13(21-12)22(19,20)10(11(14)18)9-6-4-3-5-7-9/h3-7,10H,2,8H2,1H3,(H2,14,18)(H,15,16). The lowest BCUT2D eigenvalue weighted by Gasteiger charge is -2.12. The van der Waals surface area contributed by atoms with Crippen molar-refractivity contribution in [1.82, 2.24) is 10.2 Å². The minimum Gasteiger partial charge on any atom is -0.368 e. The zero-order valence-electron chi connectivity index (χ0n) is 11.9. The van der Waals surface area contributed by atoms with Crippen LogP contribution in [0.15, 0.2) is 34.7 Å². The Hall–Kier alpha value is -2.00. The topological polar surface area (TPSA) is 115 Å². The molecule has 0 aliphatic heterocycles. The Morgan fingerprint density at radius 3 is 2.59 bits per heavy atom. The summed E-state index contributed by atoms with van der Waals surface area (Å²) in [6, 6.07) is 8.12. The number of carbonyl (C=O) groups is 1. The largest absolute Gasteiger partial charge is 0.368 e. The van der Waals surface area contributed by atoms with Crippen molar-refractivity contribution in [3.8, 4) is 0 Å². The van der Waals surface area contributed by atoms with Gasteiger partial charge in [-0.3, -0.25) is 4.79 Å². The maximum Gasteiger partial charge on any atom is 0.240 e. The predicted octanol–water partition coefficient (Wildman–Crippen LogP) is 1.36. The monoisotopic (exact) mass is 340 g/mol. The summed E-state index contributed by atoms with van der Waals surface area (Å²) < 4.78 is 25.1. The SMILES string of the molecule is CCCNc1nnc(S(=O)(=O)C(C(N)=O)c2ccccc2)s1. The molecule has 1 atom stereocenters. The van der Waals surface area contributed by atoms with E-state index in [9.17, 15) is 13.2 Å². The van der Waals surface area contributed by atoms with E-state index in [-0.39, 0.29) is 4.34 Å². The molecule has 1 unspecified atom stereocenters. The van der Waals surface area contributed by atoms with Gasteiger partial charge in [-0.15, -0.1) is 10.2 Å². The van der Waals surface area contributed by atoms with Crippen molar-refractivity contribution in [3.63, 3.8) is 0 Å². The average Bonchev–Trinajstić information content (AvgIpc) is 2.95. The Labute approximate surface area is 132 Å². The van der Waals surface area contributed by atoms with Crippen molar-refractivity contribution < 1.29 is 13.2 Å². The normalized spacial score (nSPS) is 12.8. The van der Waals surface area contributed by atoms with Crippen molar-refractivity contribution in [2.45, 2.75) is 22.9 Å². The van der Waals surface area contributed by atoms with Crippen LogP contribution in [0.2, 0.25) is 0 Å². The van der Waals surface area contributed by atoms with Gasteiger partial charge in [0.15, 0.2) is 5.25 Å². The van der Waals surface area contributed by atoms with E-state index in [0.717, 1.165) is 17.8 Å². The fourth-order valence-corrected chi connectivity index (χ4v) is 4.52. The Morgan fingerprint density at radius 1 is 1.32 bits per heavy atom. The first-order valence-corrected chi connectivity index (χ1v) is 8.98. The molecule has 2 rings (SSSR count). The smallest absolute Gasteiger partial charge is 0.240 e. The number of benzene rings is 1. The average molecular weight is 340 g/mol. The zero-order valence-corrected chi connectivity index (χ0v) is 13.5. The second-order valence-electron chi connectivity index (χ2n) is 4.54. The molecule has 0 saturated carbocycles. The minimum absolute atomic E-state index is 0.223. The van der Waals surface area contributed by atoms with Crippen LogP contribution in [0.3, 0.4) is 0 Å². The van der Waals surface area contributed by atoms with Crippen LogP contribution in [0.4, 0.5) is 5.13 Å². The molecule has 0 bridgehead atoms. The number of anilines is 1. The van der Waals surface area contributed by atoms with E-state index in [0.29, 0.717) is 17.2 Å². The van der Waals surface area contributed by atoms with Crippen molar-refractivity contribution >= 4 is 32.2 Å². The Bertz CT molecular complexity index is 744. The van der Waals surface area contributed by atoms with Gasteiger partial charge >= 0.3 is 0 Å². The predicted molar refractivity (Wildman–Crippen MR) is 84.3 cm³/mol. The van der Waals surface area contributed by atoms with Gasteiger partial charge in [0.2, 0.25) is 25.2 Å². The number of nitrogens with zero attached hydrogens (tertiary/aromatic N) is 2. The van der Waals surface area contributed by atoms with Crippen LogP contribution in [0.5, 0.6) is 0 Å². The second kappa shape index (κ2) is 6.84. The van der Waals surface area contributed by atoms with Gasteiger partial charge in [0.25, 0.3) is 0 Å². The number of amides is 1. The lowest BCUT2D eigenvalue weighted by molar-refractivity contribution is -0.117. The highest BCUT2D eigenvalue weighted by atomic mass is 32.2. The van der Waals surface area contributed by atoms with Gasteiger partial charge in [-0.1, -0.05) is 48.6 Å². The van der Waals surface area contributed by atoms with Crippen LogP contribution in [-0.2, 0) is 14.6 Å². The number of hydrogen-bond donors (Lipinski definition) is 2. The van der Waals surface area contributed by atoms with E-state index < -0.39 is 21.0 Å². The van der Waals surface area contributed by atoms with Gasteiger partial charge in [0.05, 0.1) is 0 Å². The van der Waals surface area contributed by atoms with Gasteiger partial charge in [-0.2, -0.15) is 0 Å². The molecule has 1 aromatic heterocycles. The first-order valence-electron chi connectivity index (χ1n) is 6.62. The first kappa shape index (κ1) is 16.4. The summed E-state index contributed by atoms with van der Waals surface area (Å²) in [4.78, 5) is 11.7. The molecule has 2 aromatic rings. The summed E-state index contributed by atoms with van der Waals surface area (Å²) in [5.74, 6) is -0.940. The van der Waals surface area contributed by atoms with Gasteiger partial charge in [-0.05, 0) is 12.0 Å². The molecule has 0 fully saturated rings. The van der Waals surface area contributed by atoms with Gasteiger partial charge in [0.1, 0.15) is 0 Å². The van der Waals surface area contributed by atoms with E-state index >= 15 is 0 Å². The lowest BCUT2D eigenvalue weighted by Crippen LogP contribution is -2.28. The fraction of sp³-hybridized carbons (Fsp3) is 0.308. The Morgan fingerprint density at radius 2 is 2.00 bits per heavy atom. The minimum atomic E-state index is -4.03. The summed E-state index contributed by atoms with van der Waals surface area (Å²) >= 11 is 0.891. The fourth-order valence-electron chi connectivity index (χ4n) is 1.85. The second-order valence-corrected chi connectivity index (χ2v) is 7.72. The maximum atomic E-state index is 12.6. The molecular formula is C13H16N4O3S2. The van der Waals surface area contributed by atoms with E-state index in [4.69, 9.17) is 5.73 Å². The molecular weight excluding hydrogens is 324 g/mol. The van der Waals surface area contributed by atoms with Crippen molar-refractivity contribution in [2.75, 3.05) is 11.9 Å². The molecule has 0 radical (unpaired) electrons. The number of nitrogens with two attached hydrogens (primary N) is 1. The van der Waals surface area contributed by atoms with Crippen molar-refractivity contribution in [1.29, 1.82) is 0 Å².